The van der Waals surface area contributed by atoms with Crippen molar-refractivity contribution in [2.45, 2.75) is 219 Å². The van der Waals surface area contributed by atoms with E-state index in [0.717, 1.165) is 80.8 Å². The third kappa shape index (κ3) is 24.0. The molecule has 0 aliphatic carbocycles. The van der Waals surface area contributed by atoms with E-state index in [0.29, 0.717) is 114 Å². The van der Waals surface area contributed by atoms with Crippen molar-refractivity contribution in [3.8, 4) is 0 Å². The average molecular weight is 1530 g/mol. The number of amides is 9. The minimum absolute atomic E-state index is 0.0502. The molecule has 112 heavy (non-hydrogen) atoms. The lowest BCUT2D eigenvalue weighted by atomic mass is 9.85. The molecule has 3 atom stereocenters. The maximum Gasteiger partial charge on any atom is 0.417 e. The largest absolute Gasteiger partial charge is 0.443 e. The Morgan fingerprint density at radius 2 is 0.598 bits per heavy atom. The third-order valence-electron chi connectivity index (χ3n) is 19.3. The fraction of sp³-hybridized carbons (Fsp3) is 0.420. The van der Waals surface area contributed by atoms with Gasteiger partial charge in [0.2, 0.25) is 35.4 Å². The van der Waals surface area contributed by atoms with Gasteiger partial charge in [0.1, 0.15) is 34.9 Å². The molecule has 0 aliphatic heterocycles. The molecule has 0 saturated carbocycles. The van der Waals surface area contributed by atoms with Crippen LogP contribution in [0.3, 0.4) is 0 Å². The number of H-pyrrole nitrogens is 3. The third-order valence-corrected chi connectivity index (χ3v) is 19.3. The molecular formula is C88H112N12O12. The number of hydrogen-bond donors (Lipinski definition) is 9. The van der Waals surface area contributed by atoms with Crippen LogP contribution in [0.5, 0.6) is 0 Å². The van der Waals surface area contributed by atoms with Gasteiger partial charge in [-0.1, -0.05) is 91.0 Å². The fourth-order valence-electron chi connectivity index (χ4n) is 13.9. The second-order valence-electron chi connectivity index (χ2n) is 31.5. The maximum absolute atomic E-state index is 14.9. The van der Waals surface area contributed by atoms with Gasteiger partial charge < -0.3 is 62.3 Å². The van der Waals surface area contributed by atoms with Gasteiger partial charge in [-0.25, -0.2) is 29.1 Å². The lowest BCUT2D eigenvalue weighted by Gasteiger charge is -2.32. The molecule has 0 saturated heterocycles. The lowest BCUT2D eigenvalue weighted by molar-refractivity contribution is -0.138. The number of aromatic amines is 3. The number of aromatic nitrogens is 3. The van der Waals surface area contributed by atoms with Gasteiger partial charge in [0, 0.05) is 93.5 Å². The Labute approximate surface area is 656 Å². The fourth-order valence-corrected chi connectivity index (χ4v) is 13.9. The van der Waals surface area contributed by atoms with E-state index in [1.54, 1.807) is 98.7 Å². The smallest absolute Gasteiger partial charge is 0.417 e. The van der Waals surface area contributed by atoms with E-state index in [1.165, 1.54) is 0 Å². The molecule has 24 nitrogen and oxygen atoms in total. The highest BCUT2D eigenvalue weighted by Crippen LogP contribution is 2.36. The molecule has 3 heterocycles. The highest BCUT2D eigenvalue weighted by molar-refractivity contribution is 6.05. The summed E-state index contributed by atoms with van der Waals surface area (Å²) in [7, 11) is 0. The van der Waals surface area contributed by atoms with Gasteiger partial charge in [0.15, 0.2) is 0 Å². The molecule has 6 aromatic carbocycles. The summed E-state index contributed by atoms with van der Waals surface area (Å²) >= 11 is 0. The standard InChI is InChI=1S/C88H112N12O12/c1-86(2,3)110-83(107)98(76(101)37-22-25-61-55-92-70-31-13-10-28-67(61)70)73(34-16-19-52-89)80(104)95-64-46-40-58(41-47-64)79(59-42-48-65(49-43-59)96-81(105)74(35-17-20-53-90)99(84(108)111-87(4,5)6)77(102)38-23-26-62-56-93-71-32-14-11-29-68(62)71)60-44-50-66(51-45-60)97-82(106)75(36-18-21-54-91)100(85(109)112-88(7,8)9)78(103)39-24-27-63-57-94-72-33-15-12-30-69(63)72/h10-15,28-33,40-51,55-57,73-75,79,92-94H,16-27,34-39,52-54,89-91H2,1-9H3,(H,95,104)(H,96,105)(H,97,106)/t73-,74-,75-/m0/s1. The number of nitrogens with two attached hydrogens (primary N) is 3. The van der Waals surface area contributed by atoms with Crippen molar-refractivity contribution in [2.75, 3.05) is 35.6 Å². The number of nitrogens with one attached hydrogen (secondary N) is 6. The summed E-state index contributed by atoms with van der Waals surface area (Å²) in [6.45, 7) is 16.2. The number of carbonyl (C=O) groups excluding carboxylic acids is 9. The van der Waals surface area contributed by atoms with Gasteiger partial charge in [-0.05, 0) is 266 Å². The van der Waals surface area contributed by atoms with E-state index in [2.05, 4.69) is 30.9 Å². The predicted molar refractivity (Wildman–Crippen MR) is 439 cm³/mol. The average Bonchev–Trinajstić information content (AvgIpc) is 1.16. The zero-order chi connectivity index (χ0) is 80.7. The van der Waals surface area contributed by atoms with Crippen molar-refractivity contribution in [3.63, 3.8) is 0 Å². The molecule has 0 aliphatic rings. The van der Waals surface area contributed by atoms with Crippen molar-refractivity contribution >= 4 is 103 Å². The zero-order valence-electron chi connectivity index (χ0n) is 66.2. The Hall–Kier alpha value is -11.0. The second kappa shape index (κ2) is 39.8. The van der Waals surface area contributed by atoms with Crippen LogP contribution in [0.2, 0.25) is 0 Å². The minimum atomic E-state index is -1.28. The maximum atomic E-state index is 14.9. The highest BCUT2D eigenvalue weighted by Gasteiger charge is 2.41. The summed E-state index contributed by atoms with van der Waals surface area (Å²) in [6.07, 6.45) is 8.65. The van der Waals surface area contributed by atoms with Crippen LogP contribution in [0, 0.1) is 0 Å². The summed E-state index contributed by atoms with van der Waals surface area (Å²) in [6, 6.07) is 41.1. The molecule has 0 fully saturated rings. The number of fused-ring (bicyclic) bond motifs is 3. The molecule has 12 N–H and O–H groups in total. The zero-order valence-corrected chi connectivity index (χ0v) is 66.2. The molecule has 596 valence electrons. The van der Waals surface area contributed by atoms with Crippen LogP contribution in [0.1, 0.15) is 198 Å². The summed E-state index contributed by atoms with van der Waals surface area (Å²) in [5, 5.41) is 12.1. The Morgan fingerprint density at radius 1 is 0.348 bits per heavy atom. The Kier molecular flexibility index (Phi) is 30.2. The van der Waals surface area contributed by atoms with Gasteiger partial charge in [-0.2, -0.15) is 0 Å². The van der Waals surface area contributed by atoms with E-state index >= 15 is 0 Å². The van der Waals surface area contributed by atoms with Crippen LogP contribution in [0.15, 0.2) is 164 Å². The van der Waals surface area contributed by atoms with Gasteiger partial charge in [0.25, 0.3) is 0 Å². The minimum Gasteiger partial charge on any atom is -0.443 e. The molecular weight excluding hydrogens is 1420 g/mol. The Bertz CT molecular complexity index is 4190. The summed E-state index contributed by atoms with van der Waals surface area (Å²) in [4.78, 5) is 144. The first-order valence-electron chi connectivity index (χ1n) is 39.2. The number of ether oxygens (including phenoxy) is 3. The van der Waals surface area contributed by atoms with Crippen molar-refractivity contribution in [2.24, 2.45) is 17.2 Å². The quantitative estimate of drug-likeness (QED) is 0.0100. The number of rotatable bonds is 36. The first-order valence-corrected chi connectivity index (χ1v) is 39.2. The van der Waals surface area contributed by atoms with E-state index in [9.17, 15) is 43.2 Å². The van der Waals surface area contributed by atoms with E-state index in [4.69, 9.17) is 31.4 Å². The molecule has 24 heteroatoms. The van der Waals surface area contributed by atoms with Crippen LogP contribution in [-0.2, 0) is 62.2 Å². The number of anilines is 3. The molecule has 0 radical (unpaired) electrons. The van der Waals surface area contributed by atoms with Crippen molar-refractivity contribution in [1.29, 1.82) is 0 Å². The molecule has 0 spiro atoms. The summed E-state index contributed by atoms with van der Waals surface area (Å²) in [5.41, 5.74) is 24.0. The molecule has 3 aromatic heterocycles. The van der Waals surface area contributed by atoms with Crippen LogP contribution < -0.4 is 33.2 Å². The van der Waals surface area contributed by atoms with Crippen molar-refractivity contribution in [1.82, 2.24) is 29.7 Å². The summed E-state index contributed by atoms with van der Waals surface area (Å²) in [5.74, 6) is -4.13. The Balaban J connectivity index is 1.02. The van der Waals surface area contributed by atoms with E-state index in [-0.39, 0.29) is 38.5 Å². The lowest BCUT2D eigenvalue weighted by Crippen LogP contribution is -2.52. The van der Waals surface area contributed by atoms with Gasteiger partial charge in [-0.15, -0.1) is 0 Å². The number of imide groups is 3. The van der Waals surface area contributed by atoms with Crippen LogP contribution in [-0.4, -0.2) is 138 Å². The normalized spacial score (nSPS) is 12.6. The van der Waals surface area contributed by atoms with E-state index in [1.807, 2.05) is 128 Å². The number of carbonyl (C=O) groups is 9. The topological polar surface area (TPSA) is 353 Å². The first kappa shape index (κ1) is 85.1. The van der Waals surface area contributed by atoms with Crippen LogP contribution in [0.25, 0.3) is 32.7 Å². The number of hydrogen-bond acceptors (Lipinski definition) is 15. The van der Waals surface area contributed by atoms with Gasteiger partial charge >= 0.3 is 18.3 Å². The molecule has 9 rings (SSSR count). The molecule has 9 aromatic rings. The molecule has 0 unspecified atom stereocenters. The highest BCUT2D eigenvalue weighted by atomic mass is 16.6. The van der Waals surface area contributed by atoms with E-state index < -0.39 is 94.6 Å². The van der Waals surface area contributed by atoms with Gasteiger partial charge in [0.05, 0.1) is 0 Å². The van der Waals surface area contributed by atoms with Crippen molar-refractivity contribution < 1.29 is 57.4 Å². The molecule has 9 amide bonds. The van der Waals surface area contributed by atoms with Gasteiger partial charge in [-0.3, -0.25) is 28.8 Å². The number of nitrogens with zero attached hydrogens (tertiary/aromatic N) is 3. The summed E-state index contributed by atoms with van der Waals surface area (Å²) < 4.78 is 17.5. The van der Waals surface area contributed by atoms with Crippen molar-refractivity contribution in [3.05, 3.63) is 198 Å². The number of aryl methyl sites for hydroxylation is 3. The molecule has 0 bridgehead atoms. The number of benzene rings is 6. The Morgan fingerprint density at radius 3 is 0.839 bits per heavy atom. The van der Waals surface area contributed by atoms with Crippen LogP contribution >= 0.6 is 0 Å². The predicted octanol–water partition coefficient (Wildman–Crippen LogP) is 16.0. The second-order valence-corrected chi connectivity index (χ2v) is 31.5. The number of para-hydroxylation sites is 3. The monoisotopic (exact) mass is 1530 g/mol. The number of unbranched alkanes of at least 4 members (excludes halogenated alkanes) is 3. The van der Waals surface area contributed by atoms with Crippen LogP contribution in [0.4, 0.5) is 31.4 Å². The first-order chi connectivity index (χ1) is 53.5. The SMILES string of the molecule is CC(C)(C)OC(=O)N(C(=O)CCCc1c[nH]c2ccccc12)[C@@H](CCCCN)C(=O)Nc1ccc(C(c2ccc(NC(=O)[C@H](CCCCN)N(C(=O)CCCc3c[nH]c4ccccc34)C(=O)OC(C)(C)C)cc2)c2ccc(NC(=O)[C@H](CCCCN)N(C(=O)CCCc3c[nH]c4ccccc34)C(=O)OC(C)(C)C)cc2)cc1.